The minimum absolute atomic E-state index is 0.461. The van der Waals surface area contributed by atoms with Crippen molar-refractivity contribution < 1.29 is 8.42 Å². The maximum absolute atomic E-state index is 13.6. The van der Waals surface area contributed by atoms with Crippen molar-refractivity contribution in [1.29, 1.82) is 0 Å². The van der Waals surface area contributed by atoms with Crippen LogP contribution in [0.4, 0.5) is 0 Å². The molecule has 0 spiro atoms. The summed E-state index contributed by atoms with van der Waals surface area (Å²) >= 11 is 0. The molecular weight excluding hydrogens is 414 g/mol. The van der Waals surface area contributed by atoms with Crippen LogP contribution in [-0.4, -0.2) is 15.5 Å². The van der Waals surface area contributed by atoms with E-state index >= 15 is 0 Å². The van der Waals surface area contributed by atoms with Crippen LogP contribution >= 0.6 is 0 Å². The lowest BCUT2D eigenvalue weighted by molar-refractivity contribution is 0.395. The molecule has 32 heavy (non-hydrogen) atoms. The Hall–Kier alpha value is -0.870. The molecule has 0 radical (unpaired) electrons. The van der Waals surface area contributed by atoms with Gasteiger partial charge in [-0.2, -0.15) is 0 Å². The molecule has 6 aliphatic rings. The number of benzene rings is 1. The standard InChI is InChI=1S/C28H39NO2S/c1-29-32(30,31)28-26(24-12-17-3-6-20(24)9-17)14-22(23-11-16-2-5-19(23)8-16)15-27(28)25-13-18-4-7-21(25)10-18/h14-21,23-25,29H,2-13H2,1H3. The van der Waals surface area contributed by atoms with Crippen molar-refractivity contribution in [3.05, 3.63) is 28.8 Å². The molecule has 6 fully saturated rings. The van der Waals surface area contributed by atoms with Gasteiger partial charge in [0.2, 0.25) is 10.0 Å². The van der Waals surface area contributed by atoms with E-state index in [2.05, 4.69) is 16.9 Å². The summed E-state index contributed by atoms with van der Waals surface area (Å²) in [5.74, 6) is 6.41. The summed E-state index contributed by atoms with van der Waals surface area (Å²) in [7, 11) is -1.85. The van der Waals surface area contributed by atoms with E-state index in [1.54, 1.807) is 7.05 Å². The lowest BCUT2D eigenvalue weighted by atomic mass is 9.75. The molecule has 1 N–H and O–H groups in total. The molecule has 3 nitrogen and oxygen atoms in total. The zero-order chi connectivity index (χ0) is 21.6. The Kier molecular flexibility index (Phi) is 4.68. The summed E-state index contributed by atoms with van der Waals surface area (Å²) in [6.07, 6.45) is 16.0. The van der Waals surface area contributed by atoms with Crippen LogP contribution in [0, 0.1) is 35.5 Å². The average molecular weight is 454 g/mol. The zero-order valence-corrected chi connectivity index (χ0v) is 20.4. The van der Waals surface area contributed by atoms with Crippen molar-refractivity contribution in [3.63, 3.8) is 0 Å². The quantitative estimate of drug-likeness (QED) is 0.568. The van der Waals surface area contributed by atoms with Gasteiger partial charge < -0.3 is 0 Å². The number of nitrogens with one attached hydrogen (secondary N) is 1. The van der Waals surface area contributed by atoms with E-state index in [0.717, 1.165) is 28.6 Å². The van der Waals surface area contributed by atoms with E-state index in [0.29, 0.717) is 29.6 Å². The van der Waals surface area contributed by atoms with Crippen molar-refractivity contribution in [3.8, 4) is 0 Å². The fraction of sp³-hybridized carbons (Fsp3) is 0.786. The van der Waals surface area contributed by atoms with Gasteiger partial charge in [-0.3, -0.25) is 0 Å². The van der Waals surface area contributed by atoms with Crippen LogP contribution < -0.4 is 4.72 Å². The predicted molar refractivity (Wildman–Crippen MR) is 127 cm³/mol. The number of hydrogen-bond donors (Lipinski definition) is 1. The first-order chi connectivity index (χ1) is 15.5. The lowest BCUT2D eigenvalue weighted by Crippen LogP contribution is -2.26. The van der Waals surface area contributed by atoms with Gasteiger partial charge in [0.05, 0.1) is 4.90 Å². The summed E-state index contributed by atoms with van der Waals surface area (Å²) in [6, 6.07) is 4.86. The molecule has 1 aromatic rings. The maximum atomic E-state index is 13.6. The summed E-state index contributed by atoms with van der Waals surface area (Å²) in [6.45, 7) is 0. The van der Waals surface area contributed by atoms with E-state index < -0.39 is 10.0 Å². The highest BCUT2D eigenvalue weighted by Crippen LogP contribution is 2.59. The molecule has 0 saturated heterocycles. The molecule has 0 aromatic heterocycles. The second kappa shape index (κ2) is 7.31. The van der Waals surface area contributed by atoms with E-state index in [-0.39, 0.29) is 0 Å². The molecule has 9 atom stereocenters. The molecule has 9 unspecified atom stereocenters. The van der Waals surface area contributed by atoms with Crippen LogP contribution in [0.15, 0.2) is 17.0 Å². The lowest BCUT2D eigenvalue weighted by Gasteiger charge is -2.32. The first-order valence-corrected chi connectivity index (χ1v) is 15.1. The molecule has 6 saturated carbocycles. The Labute approximate surface area is 194 Å². The summed E-state index contributed by atoms with van der Waals surface area (Å²) in [5, 5.41) is 0. The van der Waals surface area contributed by atoms with Crippen molar-refractivity contribution in [2.75, 3.05) is 7.05 Å². The molecule has 0 heterocycles. The minimum Gasteiger partial charge on any atom is -0.214 e. The highest BCUT2D eigenvalue weighted by Gasteiger charge is 2.47. The normalized spacial score (nSPS) is 44.2. The SMILES string of the molecule is CNS(=O)(=O)c1c(C2CC3CCC2C3)cc(C2CC3CCC2C3)cc1C1CC2CCC1C2. The third-order valence-corrected chi connectivity index (χ3v) is 12.7. The van der Waals surface area contributed by atoms with Crippen LogP contribution in [0.5, 0.6) is 0 Å². The van der Waals surface area contributed by atoms with Crippen molar-refractivity contribution >= 4 is 10.0 Å². The Morgan fingerprint density at radius 3 is 1.44 bits per heavy atom. The molecule has 4 heteroatoms. The molecule has 1 aromatic carbocycles. The Morgan fingerprint density at radius 1 is 0.656 bits per heavy atom. The molecular formula is C28H39NO2S. The van der Waals surface area contributed by atoms with Gasteiger partial charge in [0.1, 0.15) is 0 Å². The van der Waals surface area contributed by atoms with Gasteiger partial charge in [-0.05, 0) is 135 Å². The van der Waals surface area contributed by atoms with Gasteiger partial charge in [0.25, 0.3) is 0 Å². The van der Waals surface area contributed by atoms with Crippen LogP contribution in [0.25, 0.3) is 0 Å². The maximum Gasteiger partial charge on any atom is 0.240 e. The summed E-state index contributed by atoms with van der Waals surface area (Å²) < 4.78 is 30.0. The number of hydrogen-bond acceptors (Lipinski definition) is 2. The highest BCUT2D eigenvalue weighted by atomic mass is 32.2. The van der Waals surface area contributed by atoms with Gasteiger partial charge in [-0.15, -0.1) is 0 Å². The van der Waals surface area contributed by atoms with E-state index in [9.17, 15) is 8.42 Å². The fourth-order valence-corrected chi connectivity index (χ4v) is 11.0. The monoisotopic (exact) mass is 453 g/mol. The number of rotatable bonds is 5. The average Bonchev–Trinajstić information content (AvgIpc) is 3.65. The van der Waals surface area contributed by atoms with Gasteiger partial charge >= 0.3 is 0 Å². The van der Waals surface area contributed by atoms with Crippen LogP contribution in [0.3, 0.4) is 0 Å². The second-order valence-electron chi connectivity index (χ2n) is 12.6. The second-order valence-corrected chi connectivity index (χ2v) is 14.4. The van der Waals surface area contributed by atoms with E-state index in [1.165, 1.54) is 93.7 Å². The fourth-order valence-electron chi connectivity index (χ4n) is 9.78. The van der Waals surface area contributed by atoms with Crippen LogP contribution in [0.2, 0.25) is 0 Å². The molecule has 6 bridgehead atoms. The largest absolute Gasteiger partial charge is 0.240 e. The van der Waals surface area contributed by atoms with Crippen LogP contribution in [0.1, 0.15) is 111 Å². The number of sulfonamides is 1. The Morgan fingerprint density at radius 2 is 1.09 bits per heavy atom. The molecule has 6 aliphatic carbocycles. The Bertz CT molecular complexity index is 983. The van der Waals surface area contributed by atoms with Crippen molar-refractivity contribution in [1.82, 2.24) is 4.72 Å². The van der Waals surface area contributed by atoms with Gasteiger partial charge in [-0.1, -0.05) is 31.4 Å². The topological polar surface area (TPSA) is 46.2 Å². The first-order valence-electron chi connectivity index (χ1n) is 13.6. The van der Waals surface area contributed by atoms with Crippen LogP contribution in [-0.2, 0) is 10.0 Å². The van der Waals surface area contributed by atoms with Gasteiger partial charge in [0, 0.05) is 0 Å². The van der Waals surface area contributed by atoms with E-state index in [4.69, 9.17) is 0 Å². The van der Waals surface area contributed by atoms with E-state index in [1.807, 2.05) is 0 Å². The Balaban J connectivity index is 1.41. The predicted octanol–water partition coefficient (Wildman–Crippen LogP) is 6.31. The van der Waals surface area contributed by atoms with Gasteiger partial charge in [0.15, 0.2) is 0 Å². The minimum atomic E-state index is -3.47. The van der Waals surface area contributed by atoms with Crippen molar-refractivity contribution in [2.45, 2.75) is 99.7 Å². The smallest absolute Gasteiger partial charge is 0.214 e. The third-order valence-electron chi connectivity index (χ3n) is 11.1. The molecule has 174 valence electrons. The summed E-state index contributed by atoms with van der Waals surface area (Å²) in [4.78, 5) is 0.724. The molecule has 0 aliphatic heterocycles. The number of fused-ring (bicyclic) bond motifs is 6. The van der Waals surface area contributed by atoms with Crippen molar-refractivity contribution in [2.24, 2.45) is 35.5 Å². The highest BCUT2D eigenvalue weighted by molar-refractivity contribution is 7.89. The van der Waals surface area contributed by atoms with Gasteiger partial charge in [-0.25, -0.2) is 13.1 Å². The zero-order valence-electron chi connectivity index (χ0n) is 19.6. The first kappa shape index (κ1) is 20.5. The third kappa shape index (κ3) is 3.04. The molecule has 7 rings (SSSR count). The molecule has 0 amide bonds. The summed E-state index contributed by atoms with van der Waals surface area (Å²) in [5.41, 5.74) is 3.97.